The van der Waals surface area contributed by atoms with Crippen LogP contribution in [0.25, 0.3) is 42.7 Å². The zero-order valence-electron chi connectivity index (χ0n) is 18.1. The van der Waals surface area contributed by atoms with Gasteiger partial charge >= 0.3 is 5.97 Å². The molecule has 2 heterocycles. The Morgan fingerprint density at radius 1 is 1.06 bits per heavy atom. The molecule has 10 heteroatoms. The Bertz CT molecular complexity index is 1690. The second-order valence-electron chi connectivity index (χ2n) is 8.28. The van der Waals surface area contributed by atoms with E-state index in [9.17, 15) is 18.3 Å². The highest BCUT2D eigenvalue weighted by molar-refractivity contribution is 7.89. The minimum absolute atomic E-state index is 0.0609. The zero-order chi connectivity index (χ0) is 24.2. The Morgan fingerprint density at radius 2 is 1.85 bits per heavy atom. The summed E-state index contributed by atoms with van der Waals surface area (Å²) in [6.45, 7) is 3.28. The number of fused-ring (bicyclic) bond motifs is 4. The first kappa shape index (κ1) is 22.8. The van der Waals surface area contributed by atoms with Crippen molar-refractivity contribution in [3.8, 4) is 10.6 Å². The van der Waals surface area contributed by atoms with Crippen LogP contribution in [0.1, 0.15) is 13.8 Å². The van der Waals surface area contributed by atoms with Gasteiger partial charge in [-0.2, -0.15) is 4.72 Å². The maximum Gasteiger partial charge on any atom is 0.322 e. The van der Waals surface area contributed by atoms with Crippen LogP contribution in [0.5, 0.6) is 0 Å². The van der Waals surface area contributed by atoms with E-state index in [4.69, 9.17) is 21.0 Å². The fourth-order valence-electron chi connectivity index (χ4n) is 3.79. The minimum atomic E-state index is -4.06. The van der Waals surface area contributed by atoms with E-state index in [1.54, 1.807) is 26.0 Å². The predicted molar refractivity (Wildman–Crippen MR) is 134 cm³/mol. The van der Waals surface area contributed by atoms with Gasteiger partial charge in [-0.1, -0.05) is 25.4 Å². The Kier molecular flexibility index (Phi) is 5.60. The van der Waals surface area contributed by atoms with Crippen LogP contribution in [0.4, 0.5) is 0 Å². The average molecular weight is 515 g/mol. The molecular weight excluding hydrogens is 496 g/mol. The molecule has 0 radical (unpaired) electrons. The predicted octanol–water partition coefficient (Wildman–Crippen LogP) is 5.90. The molecule has 0 fully saturated rings. The Balaban J connectivity index is 1.55. The van der Waals surface area contributed by atoms with Gasteiger partial charge in [-0.05, 0) is 54.4 Å². The number of carboxylic acids is 1. The molecule has 3 aromatic carbocycles. The van der Waals surface area contributed by atoms with Gasteiger partial charge in [0.1, 0.15) is 22.2 Å². The number of sulfonamides is 1. The first-order valence-electron chi connectivity index (χ1n) is 10.4. The van der Waals surface area contributed by atoms with Gasteiger partial charge in [-0.15, -0.1) is 11.3 Å². The molecule has 0 aliphatic rings. The molecule has 0 unspecified atom stereocenters. The van der Waals surface area contributed by atoms with Crippen molar-refractivity contribution in [3.63, 3.8) is 0 Å². The fourth-order valence-corrected chi connectivity index (χ4v) is 6.38. The molecule has 0 aliphatic heterocycles. The smallest absolute Gasteiger partial charge is 0.322 e. The highest BCUT2D eigenvalue weighted by atomic mass is 35.5. The number of furan rings is 1. The molecule has 0 aliphatic carbocycles. The van der Waals surface area contributed by atoms with Crippen molar-refractivity contribution in [2.24, 2.45) is 5.92 Å². The standard InChI is InChI=1S/C24H19ClN2O5S2/c1-12(2)22(24(28)29)27-34(30,31)15-5-6-16-17-9-13(3-8-19(17)32-20(16)11-15)23-26-18-7-4-14(25)10-21(18)33-23/h3-12,22,27H,1-2H3,(H,28,29)/t22-/m0/s1. The van der Waals surface area contributed by atoms with E-state index < -0.39 is 28.0 Å². The van der Waals surface area contributed by atoms with Gasteiger partial charge in [0.25, 0.3) is 0 Å². The summed E-state index contributed by atoms with van der Waals surface area (Å²) in [5.74, 6) is -1.65. The van der Waals surface area contributed by atoms with Crippen molar-refractivity contribution < 1.29 is 22.7 Å². The summed E-state index contributed by atoms with van der Waals surface area (Å²) < 4.78 is 34.8. The SMILES string of the molecule is CC(C)[C@H](NS(=O)(=O)c1ccc2c(c1)oc1ccc(-c3nc4ccc(Cl)cc4s3)cc12)C(=O)O. The molecule has 1 atom stereocenters. The summed E-state index contributed by atoms with van der Waals surface area (Å²) in [5.41, 5.74) is 2.77. The van der Waals surface area contributed by atoms with Crippen LogP contribution >= 0.6 is 22.9 Å². The lowest BCUT2D eigenvalue weighted by Gasteiger charge is -2.17. The maximum atomic E-state index is 12.8. The molecule has 0 saturated carbocycles. The summed E-state index contributed by atoms with van der Waals surface area (Å²) in [7, 11) is -4.06. The number of nitrogens with one attached hydrogen (secondary N) is 1. The second-order valence-corrected chi connectivity index (χ2v) is 11.5. The van der Waals surface area contributed by atoms with Crippen LogP contribution in [-0.2, 0) is 14.8 Å². The molecule has 0 bridgehead atoms. The van der Waals surface area contributed by atoms with Gasteiger partial charge < -0.3 is 9.52 Å². The van der Waals surface area contributed by atoms with Crippen molar-refractivity contribution in [1.82, 2.24) is 9.71 Å². The van der Waals surface area contributed by atoms with E-state index in [-0.39, 0.29) is 4.90 Å². The van der Waals surface area contributed by atoms with Gasteiger partial charge in [0.05, 0.1) is 15.1 Å². The van der Waals surface area contributed by atoms with Gasteiger partial charge in [-0.25, -0.2) is 13.4 Å². The average Bonchev–Trinajstić information content (AvgIpc) is 3.36. The summed E-state index contributed by atoms with van der Waals surface area (Å²) in [4.78, 5) is 16.1. The Morgan fingerprint density at radius 3 is 2.59 bits per heavy atom. The van der Waals surface area contributed by atoms with Crippen LogP contribution in [0.3, 0.4) is 0 Å². The lowest BCUT2D eigenvalue weighted by molar-refractivity contribution is -0.140. The zero-order valence-corrected chi connectivity index (χ0v) is 20.5. The van der Waals surface area contributed by atoms with Gasteiger partial charge in [0.2, 0.25) is 10.0 Å². The molecule has 174 valence electrons. The van der Waals surface area contributed by atoms with Crippen molar-refractivity contribution >= 4 is 71.1 Å². The number of halogens is 1. The van der Waals surface area contributed by atoms with E-state index >= 15 is 0 Å². The number of aliphatic carboxylic acids is 1. The molecule has 2 N–H and O–H groups in total. The van der Waals surface area contributed by atoms with Crippen molar-refractivity contribution in [2.45, 2.75) is 24.8 Å². The van der Waals surface area contributed by atoms with E-state index in [0.29, 0.717) is 16.2 Å². The van der Waals surface area contributed by atoms with E-state index in [1.807, 2.05) is 30.3 Å². The summed E-state index contributed by atoms with van der Waals surface area (Å²) in [6.07, 6.45) is 0. The molecule has 34 heavy (non-hydrogen) atoms. The number of nitrogens with zero attached hydrogens (tertiary/aromatic N) is 1. The van der Waals surface area contributed by atoms with Crippen molar-refractivity contribution in [2.75, 3.05) is 0 Å². The largest absolute Gasteiger partial charge is 0.480 e. The summed E-state index contributed by atoms with van der Waals surface area (Å²) in [6, 6.07) is 14.6. The first-order valence-corrected chi connectivity index (χ1v) is 13.1. The number of thiazole rings is 1. The summed E-state index contributed by atoms with van der Waals surface area (Å²) >= 11 is 7.63. The monoisotopic (exact) mass is 514 g/mol. The second kappa shape index (κ2) is 8.35. The molecule has 0 spiro atoms. The third kappa shape index (κ3) is 4.05. The lowest BCUT2D eigenvalue weighted by atomic mass is 10.1. The number of carboxylic acid groups (broad SMARTS) is 1. The summed E-state index contributed by atoms with van der Waals surface area (Å²) in [5, 5.41) is 12.4. The number of rotatable bonds is 6. The van der Waals surface area contributed by atoms with Crippen molar-refractivity contribution in [1.29, 1.82) is 0 Å². The van der Waals surface area contributed by atoms with Crippen LogP contribution in [0.15, 0.2) is 63.9 Å². The molecule has 5 aromatic rings. The number of carbonyl (C=O) groups is 1. The van der Waals surface area contributed by atoms with Gasteiger partial charge in [-0.3, -0.25) is 4.79 Å². The number of benzene rings is 3. The number of hydrogen-bond acceptors (Lipinski definition) is 6. The van der Waals surface area contributed by atoms with Gasteiger partial charge in [0, 0.05) is 27.4 Å². The van der Waals surface area contributed by atoms with Crippen LogP contribution < -0.4 is 4.72 Å². The maximum absolute atomic E-state index is 12.8. The van der Waals surface area contributed by atoms with Crippen LogP contribution in [-0.4, -0.2) is 30.5 Å². The third-order valence-corrected chi connectivity index (χ3v) is 8.31. The quantitative estimate of drug-likeness (QED) is 0.292. The molecule has 0 amide bonds. The molecule has 0 saturated heterocycles. The fraction of sp³-hybridized carbons (Fsp3) is 0.167. The highest BCUT2D eigenvalue weighted by Crippen LogP contribution is 2.36. The lowest BCUT2D eigenvalue weighted by Crippen LogP contribution is -2.44. The van der Waals surface area contributed by atoms with Crippen molar-refractivity contribution in [3.05, 3.63) is 59.6 Å². The number of hydrogen-bond donors (Lipinski definition) is 2. The Hall–Kier alpha value is -2.98. The molecule has 2 aromatic heterocycles. The van der Waals surface area contributed by atoms with Crippen LogP contribution in [0, 0.1) is 5.92 Å². The van der Waals surface area contributed by atoms with E-state index in [2.05, 4.69) is 4.72 Å². The normalized spacial score (nSPS) is 13.3. The molecular formula is C24H19ClN2O5S2. The van der Waals surface area contributed by atoms with Crippen LogP contribution in [0.2, 0.25) is 5.02 Å². The minimum Gasteiger partial charge on any atom is -0.480 e. The number of aromatic nitrogens is 1. The third-order valence-electron chi connectivity index (χ3n) is 5.57. The highest BCUT2D eigenvalue weighted by Gasteiger charge is 2.28. The van der Waals surface area contributed by atoms with E-state index in [0.717, 1.165) is 31.6 Å². The Labute approximate surface area is 204 Å². The van der Waals surface area contributed by atoms with Gasteiger partial charge in [0.15, 0.2) is 0 Å². The molecule has 5 rings (SSSR count). The van der Waals surface area contributed by atoms with E-state index in [1.165, 1.54) is 23.5 Å². The first-order chi connectivity index (χ1) is 16.1. The topological polar surface area (TPSA) is 110 Å². The molecule has 7 nitrogen and oxygen atoms in total.